The van der Waals surface area contributed by atoms with Crippen molar-refractivity contribution < 1.29 is 34.5 Å². The molecule has 230 valence electrons. The number of aliphatic hydroxyl groups excluding tert-OH is 2. The molecule has 0 saturated carbocycles. The highest BCUT2D eigenvalue weighted by atomic mass is 16.7. The van der Waals surface area contributed by atoms with Crippen LogP contribution in [0.15, 0.2) is 78.9 Å². The average Bonchev–Trinajstić information content (AvgIpc) is 3.04. The molecule has 4 rings (SSSR count). The average molecular weight is 592 g/mol. The first-order valence-corrected chi connectivity index (χ1v) is 14.5. The molecule has 1 aliphatic rings. The minimum Gasteiger partial charge on any atom is -0.392 e. The molecule has 0 bridgehead atoms. The van der Waals surface area contributed by atoms with Crippen LogP contribution in [0.25, 0.3) is 0 Å². The second-order valence-corrected chi connectivity index (χ2v) is 10.9. The van der Waals surface area contributed by atoms with Crippen molar-refractivity contribution in [3.63, 3.8) is 0 Å². The summed E-state index contributed by atoms with van der Waals surface area (Å²) in [5.41, 5.74) is 5.50. The fourth-order valence-electron chi connectivity index (χ4n) is 5.14. The zero-order valence-corrected chi connectivity index (χ0v) is 24.6. The molecule has 1 fully saturated rings. The Morgan fingerprint density at radius 3 is 2.37 bits per heavy atom. The van der Waals surface area contributed by atoms with Crippen molar-refractivity contribution in [2.24, 2.45) is 0 Å². The number of rotatable bonds is 13. The van der Waals surface area contributed by atoms with Crippen LogP contribution in [0.2, 0.25) is 0 Å². The van der Waals surface area contributed by atoms with E-state index in [4.69, 9.17) is 14.7 Å². The first-order chi connectivity index (χ1) is 20.8. The van der Waals surface area contributed by atoms with Crippen molar-refractivity contribution >= 4 is 17.5 Å². The highest BCUT2D eigenvalue weighted by Gasteiger charge is 2.34. The molecule has 43 heavy (non-hydrogen) atoms. The lowest BCUT2D eigenvalue weighted by molar-refractivity contribution is -0.253. The molecule has 1 saturated heterocycles. The van der Waals surface area contributed by atoms with Gasteiger partial charge in [0.1, 0.15) is 0 Å². The highest BCUT2D eigenvalue weighted by Crippen LogP contribution is 2.39. The molecule has 1 aliphatic heterocycles. The van der Waals surface area contributed by atoms with Gasteiger partial charge in [-0.15, -0.1) is 0 Å². The quantitative estimate of drug-likeness (QED) is 0.146. The van der Waals surface area contributed by atoms with E-state index in [1.165, 1.54) is 0 Å². The lowest BCUT2D eigenvalue weighted by Gasteiger charge is -2.39. The third-order valence-corrected chi connectivity index (χ3v) is 7.77. The fraction of sp³-hybridized carbons (Fsp3) is 0.394. The summed E-state index contributed by atoms with van der Waals surface area (Å²) in [5, 5.41) is 32.0. The number of hydroxylamine groups is 1. The van der Waals surface area contributed by atoms with Crippen LogP contribution in [0.4, 0.5) is 5.69 Å². The van der Waals surface area contributed by atoms with Crippen molar-refractivity contribution in [2.45, 2.75) is 69.9 Å². The van der Waals surface area contributed by atoms with Crippen LogP contribution in [0.3, 0.4) is 0 Å². The van der Waals surface area contributed by atoms with Crippen LogP contribution in [-0.4, -0.2) is 57.9 Å². The summed E-state index contributed by atoms with van der Waals surface area (Å²) in [6.45, 7) is 2.50. The molecule has 5 N–H and O–H groups in total. The molecule has 2 amide bonds. The summed E-state index contributed by atoms with van der Waals surface area (Å²) in [7, 11) is 1.97. The number of aliphatic hydroxyl groups is 2. The summed E-state index contributed by atoms with van der Waals surface area (Å²) >= 11 is 0. The SMILES string of the molecule is C[C@@H]([C@H](O)c1ccccc1)N(C)C[C@H]1C[C@@H](c2ccc(CO)cc2)O[C@@H](c2cccc(NC(=O)CCCC(=O)NO)c2)O1. The van der Waals surface area contributed by atoms with E-state index in [0.29, 0.717) is 25.1 Å². The summed E-state index contributed by atoms with van der Waals surface area (Å²) in [4.78, 5) is 25.7. The van der Waals surface area contributed by atoms with Crippen LogP contribution in [-0.2, 0) is 25.7 Å². The van der Waals surface area contributed by atoms with Crippen molar-refractivity contribution in [2.75, 3.05) is 18.9 Å². The number of amides is 2. The van der Waals surface area contributed by atoms with Gasteiger partial charge in [-0.25, -0.2) is 5.48 Å². The Balaban J connectivity index is 1.48. The minimum atomic E-state index is -0.714. The maximum Gasteiger partial charge on any atom is 0.243 e. The maximum atomic E-state index is 12.4. The van der Waals surface area contributed by atoms with Gasteiger partial charge in [0.2, 0.25) is 11.8 Å². The Kier molecular flexibility index (Phi) is 11.8. The first-order valence-electron chi connectivity index (χ1n) is 14.5. The van der Waals surface area contributed by atoms with Gasteiger partial charge in [0.15, 0.2) is 6.29 Å². The monoisotopic (exact) mass is 591 g/mol. The number of carbonyl (C=O) groups is 2. The third-order valence-electron chi connectivity index (χ3n) is 7.77. The molecule has 0 unspecified atom stereocenters. The van der Waals surface area contributed by atoms with E-state index in [2.05, 4.69) is 10.2 Å². The van der Waals surface area contributed by atoms with E-state index in [1.807, 2.05) is 86.8 Å². The van der Waals surface area contributed by atoms with Crippen LogP contribution in [0, 0.1) is 0 Å². The van der Waals surface area contributed by atoms with Crippen molar-refractivity contribution in [1.29, 1.82) is 0 Å². The minimum absolute atomic E-state index is 0.0419. The van der Waals surface area contributed by atoms with E-state index in [-0.39, 0.29) is 43.6 Å². The van der Waals surface area contributed by atoms with Crippen LogP contribution in [0.5, 0.6) is 0 Å². The summed E-state index contributed by atoms with van der Waals surface area (Å²) in [6.07, 6.45) is -0.826. The molecule has 10 nitrogen and oxygen atoms in total. The molecule has 0 aliphatic carbocycles. The number of hydrogen-bond acceptors (Lipinski definition) is 8. The van der Waals surface area contributed by atoms with E-state index in [0.717, 1.165) is 22.3 Å². The van der Waals surface area contributed by atoms with Crippen molar-refractivity contribution in [1.82, 2.24) is 10.4 Å². The number of ether oxygens (including phenoxy) is 2. The van der Waals surface area contributed by atoms with E-state index >= 15 is 0 Å². The molecule has 3 aromatic carbocycles. The number of carbonyl (C=O) groups excluding carboxylic acids is 2. The van der Waals surface area contributed by atoms with Gasteiger partial charge in [0, 0.05) is 43.1 Å². The molecule has 5 atom stereocenters. The number of nitrogens with one attached hydrogen (secondary N) is 2. The highest BCUT2D eigenvalue weighted by molar-refractivity contribution is 5.91. The Labute approximate surface area is 252 Å². The molecular formula is C33H41N3O7. The van der Waals surface area contributed by atoms with Crippen LogP contribution in [0.1, 0.15) is 73.4 Å². The Hall–Kier alpha value is -3.64. The van der Waals surface area contributed by atoms with Gasteiger partial charge < -0.3 is 25.0 Å². The van der Waals surface area contributed by atoms with Gasteiger partial charge in [-0.3, -0.25) is 19.7 Å². The third kappa shape index (κ3) is 9.17. The lowest BCUT2D eigenvalue weighted by Crippen LogP contribution is -2.43. The summed E-state index contributed by atoms with van der Waals surface area (Å²) in [6, 6.07) is 24.4. The van der Waals surface area contributed by atoms with Gasteiger partial charge in [0.05, 0.1) is 24.9 Å². The van der Waals surface area contributed by atoms with Gasteiger partial charge in [-0.05, 0) is 49.2 Å². The zero-order valence-electron chi connectivity index (χ0n) is 24.6. The van der Waals surface area contributed by atoms with Crippen LogP contribution >= 0.6 is 0 Å². The Morgan fingerprint density at radius 1 is 0.953 bits per heavy atom. The van der Waals surface area contributed by atoms with Gasteiger partial charge in [-0.2, -0.15) is 0 Å². The fourth-order valence-corrected chi connectivity index (χ4v) is 5.14. The predicted octanol–water partition coefficient (Wildman–Crippen LogP) is 4.39. The lowest BCUT2D eigenvalue weighted by atomic mass is 9.98. The molecular weight excluding hydrogens is 550 g/mol. The van der Waals surface area contributed by atoms with Crippen LogP contribution < -0.4 is 10.8 Å². The van der Waals surface area contributed by atoms with Gasteiger partial charge in [-0.1, -0.05) is 66.7 Å². The van der Waals surface area contributed by atoms with Gasteiger partial charge in [0.25, 0.3) is 0 Å². The number of likely N-dealkylation sites (N-methyl/N-ethyl adjacent to an activating group) is 1. The number of benzene rings is 3. The zero-order chi connectivity index (χ0) is 30.8. The molecule has 10 heteroatoms. The predicted molar refractivity (Wildman–Crippen MR) is 161 cm³/mol. The standard InChI is InChI=1S/C33H41N3O7/c1-22(32(40)25-8-4-3-5-9-25)36(2)20-28-19-29(24-16-14-23(21-37)15-17-24)43-33(42-28)26-10-6-11-27(18-26)34-30(38)12-7-13-31(39)35-41/h3-6,8-11,14-18,22,28-29,32-33,37,40-41H,7,12-13,19-21H2,1-2H3,(H,34,38)(H,35,39)/t22-,28+,29-,32-,33-/m0/s1. The summed E-state index contributed by atoms with van der Waals surface area (Å²) < 4.78 is 12.9. The number of nitrogens with zero attached hydrogens (tertiary/aromatic N) is 1. The van der Waals surface area contributed by atoms with Gasteiger partial charge >= 0.3 is 0 Å². The molecule has 3 aromatic rings. The Morgan fingerprint density at radius 2 is 1.67 bits per heavy atom. The largest absolute Gasteiger partial charge is 0.392 e. The van der Waals surface area contributed by atoms with Crippen molar-refractivity contribution in [3.8, 4) is 0 Å². The second-order valence-electron chi connectivity index (χ2n) is 10.9. The van der Waals surface area contributed by atoms with Crippen molar-refractivity contribution in [3.05, 3.63) is 101 Å². The Bertz CT molecular complexity index is 1320. The molecule has 0 aromatic heterocycles. The molecule has 0 radical (unpaired) electrons. The smallest absolute Gasteiger partial charge is 0.243 e. The topological polar surface area (TPSA) is 141 Å². The first kappa shape index (κ1) is 32.3. The molecule has 1 heterocycles. The van der Waals surface area contributed by atoms with E-state index < -0.39 is 18.3 Å². The number of hydrogen-bond donors (Lipinski definition) is 5. The van der Waals surface area contributed by atoms with E-state index in [1.54, 1.807) is 11.5 Å². The normalized spacial score (nSPS) is 19.9. The second kappa shape index (κ2) is 15.7. The number of anilines is 1. The van der Waals surface area contributed by atoms with E-state index in [9.17, 15) is 19.8 Å². The summed E-state index contributed by atoms with van der Waals surface area (Å²) in [5.74, 6) is -0.785. The maximum absolute atomic E-state index is 12.4. The molecule has 0 spiro atoms.